The van der Waals surface area contributed by atoms with Gasteiger partial charge in [-0.25, -0.2) is 9.59 Å². The monoisotopic (exact) mass is 391 g/mol. The zero-order valence-corrected chi connectivity index (χ0v) is 16.2. The number of carboxylic acid groups (broad SMARTS) is 1. The Balaban J connectivity index is 1.37. The molecule has 0 radical (unpaired) electrons. The number of aromatic amines is 1. The van der Waals surface area contributed by atoms with Crippen LogP contribution in [0.25, 0.3) is 10.9 Å². The number of carboxylic acids is 1. The number of amides is 2. The molecule has 6 heteroatoms. The van der Waals surface area contributed by atoms with Gasteiger partial charge in [0.2, 0.25) is 0 Å². The van der Waals surface area contributed by atoms with Gasteiger partial charge in [0.1, 0.15) is 6.04 Å². The van der Waals surface area contributed by atoms with Crippen molar-refractivity contribution in [2.75, 3.05) is 13.1 Å². The molecule has 150 valence electrons. The highest BCUT2D eigenvalue weighted by atomic mass is 16.4. The van der Waals surface area contributed by atoms with Crippen LogP contribution in [0.4, 0.5) is 4.79 Å². The minimum Gasteiger partial charge on any atom is -0.480 e. The molecule has 4 rings (SSSR count). The molecule has 2 heterocycles. The van der Waals surface area contributed by atoms with E-state index in [1.807, 2.05) is 48.7 Å². The van der Waals surface area contributed by atoms with Crippen LogP contribution < -0.4 is 5.32 Å². The first-order chi connectivity index (χ1) is 14.1. The number of nitrogens with one attached hydrogen (secondary N) is 2. The third kappa shape index (κ3) is 4.26. The summed E-state index contributed by atoms with van der Waals surface area (Å²) in [7, 11) is 0. The van der Waals surface area contributed by atoms with Gasteiger partial charge in [-0.1, -0.05) is 48.5 Å². The standard InChI is InChI=1S/C23H25N3O3/c27-22(28)21(14-18-15-24-20-9-5-4-8-19(18)20)25-23(29)26-12-10-17(11-13-26)16-6-2-1-3-7-16/h1-9,15,17,21,24H,10-14H2,(H,25,29)(H,27,28)/t21-/m1/s1. The maximum absolute atomic E-state index is 12.7. The lowest BCUT2D eigenvalue weighted by molar-refractivity contribution is -0.139. The van der Waals surface area contributed by atoms with Crippen molar-refractivity contribution in [1.29, 1.82) is 0 Å². The second-order valence-corrected chi connectivity index (χ2v) is 7.58. The predicted molar refractivity (Wildman–Crippen MR) is 112 cm³/mol. The van der Waals surface area contributed by atoms with E-state index in [1.54, 1.807) is 4.90 Å². The maximum Gasteiger partial charge on any atom is 0.326 e. The average Bonchev–Trinajstić information content (AvgIpc) is 3.17. The van der Waals surface area contributed by atoms with Crippen LogP contribution in [0.2, 0.25) is 0 Å². The van der Waals surface area contributed by atoms with Gasteiger partial charge in [0, 0.05) is 36.6 Å². The number of H-pyrrole nitrogens is 1. The Morgan fingerprint density at radius 2 is 1.76 bits per heavy atom. The van der Waals surface area contributed by atoms with Gasteiger partial charge in [-0.05, 0) is 36.0 Å². The number of fused-ring (bicyclic) bond motifs is 1. The van der Waals surface area contributed by atoms with Gasteiger partial charge in [-0.15, -0.1) is 0 Å². The van der Waals surface area contributed by atoms with E-state index in [0.29, 0.717) is 19.0 Å². The number of hydrogen-bond donors (Lipinski definition) is 3. The second kappa shape index (κ2) is 8.39. The van der Waals surface area contributed by atoms with Gasteiger partial charge in [0.05, 0.1) is 0 Å². The van der Waals surface area contributed by atoms with Gasteiger partial charge in [0.15, 0.2) is 0 Å². The van der Waals surface area contributed by atoms with Crippen molar-refractivity contribution in [2.45, 2.75) is 31.2 Å². The van der Waals surface area contributed by atoms with Crippen LogP contribution >= 0.6 is 0 Å². The fourth-order valence-electron chi connectivity index (χ4n) is 4.10. The molecule has 29 heavy (non-hydrogen) atoms. The van der Waals surface area contributed by atoms with Crippen molar-refractivity contribution < 1.29 is 14.7 Å². The van der Waals surface area contributed by atoms with E-state index in [9.17, 15) is 14.7 Å². The average molecular weight is 391 g/mol. The molecule has 2 amide bonds. The molecule has 1 aliphatic heterocycles. The van der Waals surface area contributed by atoms with Crippen molar-refractivity contribution >= 4 is 22.9 Å². The number of carbonyl (C=O) groups is 2. The van der Waals surface area contributed by atoms with E-state index in [4.69, 9.17) is 0 Å². The molecule has 1 atom stereocenters. The number of piperidine rings is 1. The highest BCUT2D eigenvalue weighted by molar-refractivity contribution is 5.86. The third-order valence-corrected chi connectivity index (χ3v) is 5.75. The second-order valence-electron chi connectivity index (χ2n) is 7.58. The highest BCUT2D eigenvalue weighted by Gasteiger charge is 2.28. The third-order valence-electron chi connectivity index (χ3n) is 5.75. The Bertz CT molecular complexity index is 991. The summed E-state index contributed by atoms with van der Waals surface area (Å²) in [5.74, 6) is -0.579. The largest absolute Gasteiger partial charge is 0.480 e. The van der Waals surface area contributed by atoms with Gasteiger partial charge < -0.3 is 20.3 Å². The van der Waals surface area contributed by atoms with Crippen molar-refractivity contribution in [3.05, 3.63) is 71.9 Å². The molecule has 3 N–H and O–H groups in total. The molecular formula is C23H25N3O3. The number of likely N-dealkylation sites (tertiary alicyclic amines) is 1. The number of benzene rings is 2. The molecule has 1 aromatic heterocycles. The minimum atomic E-state index is -1.03. The Hall–Kier alpha value is -3.28. The lowest BCUT2D eigenvalue weighted by Gasteiger charge is -2.33. The van der Waals surface area contributed by atoms with Crippen molar-refractivity contribution in [3.63, 3.8) is 0 Å². The van der Waals surface area contributed by atoms with Crippen LogP contribution in [0.5, 0.6) is 0 Å². The first-order valence-corrected chi connectivity index (χ1v) is 10.00. The summed E-state index contributed by atoms with van der Waals surface area (Å²) in [4.78, 5) is 29.3. The molecule has 0 bridgehead atoms. The number of hydrogen-bond acceptors (Lipinski definition) is 2. The summed E-state index contributed by atoms with van der Waals surface area (Å²) in [6.45, 7) is 1.26. The normalized spacial score (nSPS) is 15.9. The topological polar surface area (TPSA) is 85.4 Å². The first-order valence-electron chi connectivity index (χ1n) is 10.00. The molecule has 3 aromatic rings. The zero-order valence-electron chi connectivity index (χ0n) is 16.2. The van der Waals surface area contributed by atoms with Crippen molar-refractivity contribution in [1.82, 2.24) is 15.2 Å². The quantitative estimate of drug-likeness (QED) is 0.619. The van der Waals surface area contributed by atoms with E-state index >= 15 is 0 Å². The molecule has 1 saturated heterocycles. The summed E-state index contributed by atoms with van der Waals surface area (Å²) in [6.07, 6.45) is 3.83. The number of para-hydroxylation sites is 1. The SMILES string of the molecule is O=C(O)[C@@H](Cc1c[nH]c2ccccc12)NC(=O)N1CCC(c2ccccc2)CC1. The molecule has 0 saturated carbocycles. The Kier molecular flexibility index (Phi) is 5.51. The van der Waals surface area contributed by atoms with Crippen molar-refractivity contribution in [2.24, 2.45) is 0 Å². The van der Waals surface area contributed by atoms with E-state index in [0.717, 1.165) is 29.3 Å². The minimum absolute atomic E-state index is 0.242. The smallest absolute Gasteiger partial charge is 0.326 e. The number of carbonyl (C=O) groups excluding carboxylic acids is 1. The Morgan fingerprint density at radius 1 is 1.07 bits per heavy atom. The maximum atomic E-state index is 12.7. The Morgan fingerprint density at radius 3 is 2.48 bits per heavy atom. The number of aliphatic carboxylic acids is 1. The number of rotatable bonds is 5. The number of aromatic nitrogens is 1. The summed E-state index contributed by atoms with van der Waals surface area (Å²) >= 11 is 0. The van der Waals surface area contributed by atoms with E-state index in [1.165, 1.54) is 5.56 Å². The lowest BCUT2D eigenvalue weighted by Crippen LogP contribution is -2.50. The molecule has 1 fully saturated rings. The molecule has 6 nitrogen and oxygen atoms in total. The van der Waals surface area contributed by atoms with Gasteiger partial charge in [-0.2, -0.15) is 0 Å². The molecule has 1 aliphatic rings. The van der Waals surface area contributed by atoms with Crippen LogP contribution in [0.3, 0.4) is 0 Å². The van der Waals surface area contributed by atoms with Gasteiger partial charge >= 0.3 is 12.0 Å². The summed E-state index contributed by atoms with van der Waals surface area (Å²) in [5.41, 5.74) is 3.15. The van der Waals surface area contributed by atoms with Crippen LogP contribution in [0.15, 0.2) is 60.8 Å². The molecule has 0 unspecified atom stereocenters. The molecule has 0 aliphatic carbocycles. The predicted octanol–water partition coefficient (Wildman–Crippen LogP) is 3.75. The van der Waals surface area contributed by atoms with Crippen LogP contribution in [-0.2, 0) is 11.2 Å². The van der Waals surface area contributed by atoms with Gasteiger partial charge in [0.25, 0.3) is 0 Å². The highest BCUT2D eigenvalue weighted by Crippen LogP contribution is 2.27. The number of urea groups is 1. The van der Waals surface area contributed by atoms with Crippen LogP contribution in [0.1, 0.15) is 29.9 Å². The van der Waals surface area contributed by atoms with Crippen LogP contribution in [0, 0.1) is 0 Å². The zero-order chi connectivity index (χ0) is 20.2. The molecular weight excluding hydrogens is 366 g/mol. The molecule has 0 spiro atoms. The van der Waals surface area contributed by atoms with Crippen molar-refractivity contribution in [3.8, 4) is 0 Å². The summed E-state index contributed by atoms with van der Waals surface area (Å²) in [5, 5.41) is 13.3. The van der Waals surface area contributed by atoms with Gasteiger partial charge in [-0.3, -0.25) is 0 Å². The first kappa shape index (κ1) is 19.1. The number of nitrogens with zero attached hydrogens (tertiary/aromatic N) is 1. The van der Waals surface area contributed by atoms with Crippen LogP contribution in [-0.4, -0.2) is 46.1 Å². The molecule has 2 aromatic carbocycles. The summed E-state index contributed by atoms with van der Waals surface area (Å²) in [6, 6.07) is 16.8. The Labute approximate surface area is 169 Å². The fourth-order valence-corrected chi connectivity index (χ4v) is 4.10. The fraction of sp³-hybridized carbons (Fsp3) is 0.304. The lowest BCUT2D eigenvalue weighted by atomic mass is 9.89. The van der Waals surface area contributed by atoms with E-state index in [-0.39, 0.29) is 12.5 Å². The van der Waals surface area contributed by atoms with E-state index < -0.39 is 12.0 Å². The summed E-state index contributed by atoms with van der Waals surface area (Å²) < 4.78 is 0. The van der Waals surface area contributed by atoms with E-state index in [2.05, 4.69) is 22.4 Å².